The molecule has 1 aliphatic rings. The molecule has 110 valence electrons. The van der Waals surface area contributed by atoms with Crippen molar-refractivity contribution < 1.29 is 9.47 Å². The van der Waals surface area contributed by atoms with E-state index in [1.807, 2.05) is 36.5 Å². The van der Waals surface area contributed by atoms with Gasteiger partial charge in [-0.25, -0.2) is 0 Å². The van der Waals surface area contributed by atoms with E-state index in [1.54, 1.807) is 11.8 Å². The van der Waals surface area contributed by atoms with E-state index in [9.17, 15) is 0 Å². The first-order chi connectivity index (χ1) is 10.4. The van der Waals surface area contributed by atoms with Crippen LogP contribution in [0.1, 0.15) is 5.82 Å². The molecule has 1 aliphatic heterocycles. The molecule has 1 aromatic carbocycles. The summed E-state index contributed by atoms with van der Waals surface area (Å²) in [6, 6.07) is 7.60. The minimum atomic E-state index is 0.687. The zero-order valence-electron chi connectivity index (χ0n) is 11.8. The minimum absolute atomic E-state index is 0.687. The van der Waals surface area contributed by atoms with Crippen LogP contribution in [-0.2, 0) is 4.74 Å². The van der Waals surface area contributed by atoms with Crippen LogP contribution in [0.4, 0.5) is 0 Å². The molecule has 0 bridgehead atoms. The molecular weight excluding hydrogens is 270 g/mol. The van der Waals surface area contributed by atoms with E-state index in [2.05, 4.69) is 20.4 Å². The molecule has 1 aromatic heterocycles. The summed E-state index contributed by atoms with van der Waals surface area (Å²) >= 11 is 0. The zero-order valence-corrected chi connectivity index (χ0v) is 11.8. The Labute approximate surface area is 122 Å². The summed E-state index contributed by atoms with van der Waals surface area (Å²) in [6.07, 6.45) is 3.92. The number of aromatic nitrogens is 4. The van der Waals surface area contributed by atoms with Crippen molar-refractivity contribution in [2.45, 2.75) is 0 Å². The molecule has 0 atom stereocenters. The van der Waals surface area contributed by atoms with Crippen LogP contribution in [0, 0.1) is 0 Å². The molecule has 0 radical (unpaired) electrons. The van der Waals surface area contributed by atoms with Crippen LogP contribution in [0.2, 0.25) is 0 Å². The molecule has 0 N–H and O–H groups in total. The SMILES string of the molecule is COc1ccc(-n2nnnc2/C=C\N2CCOCC2)cc1. The van der Waals surface area contributed by atoms with Gasteiger partial charge < -0.3 is 14.4 Å². The third kappa shape index (κ3) is 3.19. The van der Waals surface area contributed by atoms with Gasteiger partial charge in [-0.1, -0.05) is 0 Å². The van der Waals surface area contributed by atoms with Gasteiger partial charge in [-0.3, -0.25) is 0 Å². The highest BCUT2D eigenvalue weighted by Crippen LogP contribution is 2.15. The maximum Gasteiger partial charge on any atom is 0.181 e. The van der Waals surface area contributed by atoms with Crippen LogP contribution in [0.25, 0.3) is 11.8 Å². The number of nitrogens with zero attached hydrogens (tertiary/aromatic N) is 5. The van der Waals surface area contributed by atoms with Crippen LogP contribution in [-0.4, -0.2) is 58.5 Å². The summed E-state index contributed by atoms with van der Waals surface area (Å²) < 4.78 is 12.2. The second-order valence-electron chi connectivity index (χ2n) is 4.61. The van der Waals surface area contributed by atoms with Crippen molar-refractivity contribution in [3.8, 4) is 11.4 Å². The van der Waals surface area contributed by atoms with Gasteiger partial charge in [0, 0.05) is 25.4 Å². The largest absolute Gasteiger partial charge is 0.497 e. The van der Waals surface area contributed by atoms with Gasteiger partial charge in [-0.2, -0.15) is 4.68 Å². The topological polar surface area (TPSA) is 65.3 Å². The lowest BCUT2D eigenvalue weighted by Gasteiger charge is -2.24. The molecule has 21 heavy (non-hydrogen) atoms. The fourth-order valence-corrected chi connectivity index (χ4v) is 2.10. The molecule has 7 heteroatoms. The quantitative estimate of drug-likeness (QED) is 0.835. The molecule has 7 nitrogen and oxygen atoms in total. The average molecular weight is 287 g/mol. The second-order valence-corrected chi connectivity index (χ2v) is 4.61. The summed E-state index contributed by atoms with van der Waals surface area (Å²) in [7, 11) is 1.64. The van der Waals surface area contributed by atoms with E-state index in [1.165, 1.54) is 0 Å². The number of ether oxygens (including phenoxy) is 2. The number of benzene rings is 1. The Kier molecular flexibility index (Phi) is 4.11. The zero-order chi connectivity index (χ0) is 14.5. The highest BCUT2D eigenvalue weighted by atomic mass is 16.5. The molecule has 0 aliphatic carbocycles. The van der Waals surface area contributed by atoms with Crippen molar-refractivity contribution in [3.05, 3.63) is 36.3 Å². The van der Waals surface area contributed by atoms with Gasteiger partial charge in [0.2, 0.25) is 0 Å². The van der Waals surface area contributed by atoms with Crippen molar-refractivity contribution in [1.82, 2.24) is 25.1 Å². The molecular formula is C14H17N5O2. The first kappa shape index (κ1) is 13.6. The first-order valence-corrected chi connectivity index (χ1v) is 6.79. The van der Waals surface area contributed by atoms with Gasteiger partial charge in [0.1, 0.15) is 5.75 Å². The Morgan fingerprint density at radius 2 is 1.95 bits per heavy atom. The van der Waals surface area contributed by atoms with Crippen LogP contribution in [0.3, 0.4) is 0 Å². The summed E-state index contributed by atoms with van der Waals surface area (Å²) in [5, 5.41) is 11.8. The van der Waals surface area contributed by atoms with Crippen LogP contribution in [0.5, 0.6) is 5.75 Å². The van der Waals surface area contributed by atoms with E-state index in [-0.39, 0.29) is 0 Å². The smallest absolute Gasteiger partial charge is 0.181 e. The van der Waals surface area contributed by atoms with E-state index >= 15 is 0 Å². The number of hydrogen-bond donors (Lipinski definition) is 0. The molecule has 2 aromatic rings. The minimum Gasteiger partial charge on any atom is -0.497 e. The number of tetrazole rings is 1. The summed E-state index contributed by atoms with van der Waals surface area (Å²) in [4.78, 5) is 2.19. The van der Waals surface area contributed by atoms with Crippen LogP contribution in [0.15, 0.2) is 30.5 Å². The predicted octanol–water partition coefficient (Wildman–Crippen LogP) is 0.974. The molecule has 2 heterocycles. The van der Waals surface area contributed by atoms with Gasteiger partial charge in [0.05, 0.1) is 26.0 Å². The molecule has 0 saturated carbocycles. The van der Waals surface area contributed by atoms with Crippen molar-refractivity contribution in [1.29, 1.82) is 0 Å². The fraction of sp³-hybridized carbons (Fsp3) is 0.357. The van der Waals surface area contributed by atoms with Crippen molar-refractivity contribution in [2.24, 2.45) is 0 Å². The lowest BCUT2D eigenvalue weighted by Crippen LogP contribution is -2.31. The number of methoxy groups -OCH3 is 1. The molecule has 1 fully saturated rings. The fourth-order valence-electron chi connectivity index (χ4n) is 2.10. The van der Waals surface area contributed by atoms with Crippen molar-refractivity contribution in [2.75, 3.05) is 33.4 Å². The first-order valence-electron chi connectivity index (χ1n) is 6.79. The number of hydrogen-bond acceptors (Lipinski definition) is 6. The monoisotopic (exact) mass is 287 g/mol. The maximum atomic E-state index is 5.32. The lowest BCUT2D eigenvalue weighted by atomic mass is 10.3. The highest BCUT2D eigenvalue weighted by Gasteiger charge is 2.08. The molecule has 0 unspecified atom stereocenters. The summed E-state index contributed by atoms with van der Waals surface area (Å²) in [5.41, 5.74) is 0.891. The third-order valence-corrected chi connectivity index (χ3v) is 3.29. The van der Waals surface area contributed by atoms with E-state index in [4.69, 9.17) is 9.47 Å². The molecule has 0 spiro atoms. The normalized spacial score (nSPS) is 15.6. The van der Waals surface area contributed by atoms with Gasteiger partial charge in [0.15, 0.2) is 5.82 Å². The van der Waals surface area contributed by atoms with Gasteiger partial charge >= 0.3 is 0 Å². The van der Waals surface area contributed by atoms with Crippen molar-refractivity contribution >= 4 is 6.08 Å². The van der Waals surface area contributed by atoms with Gasteiger partial charge in [0.25, 0.3) is 0 Å². The van der Waals surface area contributed by atoms with Gasteiger partial charge in [-0.15, -0.1) is 5.10 Å². The molecule has 1 saturated heterocycles. The van der Waals surface area contributed by atoms with Gasteiger partial charge in [-0.05, 0) is 34.7 Å². The Balaban J connectivity index is 1.77. The lowest BCUT2D eigenvalue weighted by molar-refractivity contribution is 0.0597. The van der Waals surface area contributed by atoms with Crippen molar-refractivity contribution in [3.63, 3.8) is 0 Å². The van der Waals surface area contributed by atoms with Crippen LogP contribution >= 0.6 is 0 Å². The van der Waals surface area contributed by atoms with E-state index in [0.29, 0.717) is 5.82 Å². The summed E-state index contributed by atoms with van der Waals surface area (Å²) in [5.74, 6) is 1.49. The number of morpholine rings is 1. The predicted molar refractivity (Wildman–Crippen MR) is 77.1 cm³/mol. The average Bonchev–Trinajstić information content (AvgIpc) is 3.02. The Bertz CT molecular complexity index is 602. The molecule has 0 amide bonds. The third-order valence-electron chi connectivity index (χ3n) is 3.29. The van der Waals surface area contributed by atoms with E-state index in [0.717, 1.165) is 37.7 Å². The Morgan fingerprint density at radius 3 is 2.67 bits per heavy atom. The summed E-state index contributed by atoms with van der Waals surface area (Å²) in [6.45, 7) is 3.29. The van der Waals surface area contributed by atoms with Crippen LogP contribution < -0.4 is 4.74 Å². The maximum absolute atomic E-state index is 5.32. The second kappa shape index (κ2) is 6.36. The molecule has 3 rings (SSSR count). The number of rotatable bonds is 4. The standard InChI is InChI=1S/C14H17N5O2/c1-20-13-4-2-12(3-5-13)19-14(15-16-17-19)6-7-18-8-10-21-11-9-18/h2-7H,8-11H2,1H3/b7-6-. The Morgan fingerprint density at radius 1 is 1.19 bits per heavy atom. The van der Waals surface area contributed by atoms with E-state index < -0.39 is 0 Å². The Hall–Kier alpha value is -2.41. The highest BCUT2D eigenvalue weighted by molar-refractivity contribution is 5.45.